The Morgan fingerprint density at radius 3 is 2.61 bits per heavy atom. The third kappa shape index (κ3) is 4.56. The molecular formula is C17H26O. The van der Waals surface area contributed by atoms with Gasteiger partial charge in [-0.05, 0) is 36.0 Å². The van der Waals surface area contributed by atoms with Crippen molar-refractivity contribution in [1.82, 2.24) is 0 Å². The highest BCUT2D eigenvalue weighted by Crippen LogP contribution is 2.30. The highest BCUT2D eigenvalue weighted by molar-refractivity contribution is 5.54. The van der Waals surface area contributed by atoms with Gasteiger partial charge in [0.25, 0.3) is 0 Å². The van der Waals surface area contributed by atoms with Crippen molar-refractivity contribution in [2.45, 2.75) is 58.8 Å². The number of phenols is 1. The van der Waals surface area contributed by atoms with E-state index in [1.807, 2.05) is 6.07 Å². The Kier molecular flexibility index (Phi) is 6.56. The topological polar surface area (TPSA) is 20.2 Å². The highest BCUT2D eigenvalue weighted by Gasteiger charge is 2.10. The lowest BCUT2D eigenvalue weighted by Gasteiger charge is -2.13. The maximum absolute atomic E-state index is 10.1. The van der Waals surface area contributed by atoms with E-state index in [0.717, 1.165) is 24.0 Å². The second kappa shape index (κ2) is 7.97. The third-order valence-corrected chi connectivity index (χ3v) is 3.37. The quantitative estimate of drug-likeness (QED) is 0.630. The summed E-state index contributed by atoms with van der Waals surface area (Å²) in [6, 6.07) is 6.04. The first-order valence-electron chi connectivity index (χ1n) is 7.18. The van der Waals surface area contributed by atoms with E-state index in [1.165, 1.54) is 19.3 Å². The van der Waals surface area contributed by atoms with Crippen LogP contribution in [0.1, 0.15) is 69.9 Å². The SMILES string of the molecule is CC/C=C\c1ccc(C(C)CCCCC)c(O)c1. The average Bonchev–Trinajstić information content (AvgIpc) is 2.36. The summed E-state index contributed by atoms with van der Waals surface area (Å²) in [4.78, 5) is 0. The number of hydrogen-bond acceptors (Lipinski definition) is 1. The standard InChI is InChI=1S/C17H26O/c1-4-6-8-9-14(3)16-12-11-15(10-7-5-2)13-17(16)18/h7,10-14,18H,4-6,8-9H2,1-3H3/b10-7-. The van der Waals surface area contributed by atoms with Crippen LogP contribution in [-0.4, -0.2) is 5.11 Å². The van der Waals surface area contributed by atoms with E-state index in [2.05, 4.69) is 45.1 Å². The van der Waals surface area contributed by atoms with Gasteiger partial charge in [0, 0.05) is 0 Å². The fraction of sp³-hybridized carbons (Fsp3) is 0.529. The summed E-state index contributed by atoms with van der Waals surface area (Å²) in [5.74, 6) is 0.887. The lowest BCUT2D eigenvalue weighted by Crippen LogP contribution is -1.94. The molecule has 0 heterocycles. The van der Waals surface area contributed by atoms with Crippen molar-refractivity contribution in [3.05, 3.63) is 35.4 Å². The first kappa shape index (κ1) is 14.8. The maximum Gasteiger partial charge on any atom is 0.119 e. The molecule has 1 nitrogen and oxygen atoms in total. The van der Waals surface area contributed by atoms with Crippen LogP contribution in [0.2, 0.25) is 0 Å². The van der Waals surface area contributed by atoms with Crippen LogP contribution in [0.3, 0.4) is 0 Å². The molecule has 0 saturated heterocycles. The van der Waals surface area contributed by atoms with E-state index in [4.69, 9.17) is 0 Å². The Morgan fingerprint density at radius 2 is 2.00 bits per heavy atom. The molecule has 1 atom stereocenters. The van der Waals surface area contributed by atoms with Crippen LogP contribution in [0, 0.1) is 0 Å². The number of hydrogen-bond donors (Lipinski definition) is 1. The molecule has 1 rings (SSSR count). The zero-order chi connectivity index (χ0) is 13.4. The van der Waals surface area contributed by atoms with E-state index >= 15 is 0 Å². The van der Waals surface area contributed by atoms with Gasteiger partial charge in [-0.15, -0.1) is 0 Å². The van der Waals surface area contributed by atoms with Crippen LogP contribution in [0.5, 0.6) is 5.75 Å². The monoisotopic (exact) mass is 246 g/mol. The fourth-order valence-corrected chi connectivity index (χ4v) is 2.19. The van der Waals surface area contributed by atoms with E-state index in [9.17, 15) is 5.11 Å². The van der Waals surface area contributed by atoms with Crippen LogP contribution in [-0.2, 0) is 0 Å². The van der Waals surface area contributed by atoms with Gasteiger partial charge in [0.15, 0.2) is 0 Å². The summed E-state index contributed by atoms with van der Waals surface area (Å²) in [6.07, 6.45) is 10.1. The Labute approximate surface area is 112 Å². The molecule has 0 radical (unpaired) electrons. The van der Waals surface area contributed by atoms with Crippen LogP contribution >= 0.6 is 0 Å². The van der Waals surface area contributed by atoms with Gasteiger partial charge >= 0.3 is 0 Å². The molecule has 0 fully saturated rings. The van der Waals surface area contributed by atoms with E-state index in [1.54, 1.807) is 0 Å². The largest absolute Gasteiger partial charge is 0.508 e. The molecule has 0 amide bonds. The van der Waals surface area contributed by atoms with Crippen molar-refractivity contribution in [2.75, 3.05) is 0 Å². The average molecular weight is 246 g/mol. The van der Waals surface area contributed by atoms with Gasteiger partial charge in [-0.25, -0.2) is 0 Å². The Bertz CT molecular complexity index is 379. The second-order valence-corrected chi connectivity index (χ2v) is 5.03. The Hall–Kier alpha value is -1.24. The molecule has 0 spiro atoms. The van der Waals surface area contributed by atoms with Crippen LogP contribution in [0.4, 0.5) is 0 Å². The molecule has 1 unspecified atom stereocenters. The third-order valence-electron chi connectivity index (χ3n) is 3.37. The van der Waals surface area contributed by atoms with E-state index in [0.29, 0.717) is 11.7 Å². The molecule has 1 aromatic rings. The Balaban J connectivity index is 2.69. The molecule has 1 aromatic carbocycles. The predicted octanol–water partition coefficient (Wildman–Crippen LogP) is 5.50. The number of phenolic OH excluding ortho intramolecular Hbond substituents is 1. The molecule has 100 valence electrons. The summed E-state index contributed by atoms with van der Waals surface area (Å²) in [6.45, 7) is 6.53. The van der Waals surface area contributed by atoms with E-state index in [-0.39, 0.29) is 0 Å². The molecule has 0 aliphatic rings. The van der Waals surface area contributed by atoms with Gasteiger partial charge in [0.2, 0.25) is 0 Å². The van der Waals surface area contributed by atoms with Crippen LogP contribution < -0.4 is 0 Å². The molecule has 0 aliphatic heterocycles. The van der Waals surface area contributed by atoms with Crippen molar-refractivity contribution in [3.8, 4) is 5.75 Å². The van der Waals surface area contributed by atoms with Crippen molar-refractivity contribution in [2.24, 2.45) is 0 Å². The van der Waals surface area contributed by atoms with Gasteiger partial charge in [0.1, 0.15) is 5.75 Å². The molecule has 0 bridgehead atoms. The molecule has 0 saturated carbocycles. The summed E-state index contributed by atoms with van der Waals surface area (Å²) in [7, 11) is 0. The highest BCUT2D eigenvalue weighted by atomic mass is 16.3. The molecule has 1 N–H and O–H groups in total. The number of benzene rings is 1. The van der Waals surface area contributed by atoms with Gasteiger partial charge in [-0.1, -0.05) is 64.3 Å². The minimum absolute atomic E-state index is 0.442. The normalized spacial score (nSPS) is 13.1. The van der Waals surface area contributed by atoms with Crippen LogP contribution in [0.25, 0.3) is 6.08 Å². The van der Waals surface area contributed by atoms with Crippen molar-refractivity contribution < 1.29 is 5.11 Å². The van der Waals surface area contributed by atoms with Gasteiger partial charge in [0.05, 0.1) is 0 Å². The van der Waals surface area contributed by atoms with Gasteiger partial charge in [-0.2, -0.15) is 0 Å². The van der Waals surface area contributed by atoms with Gasteiger partial charge < -0.3 is 5.11 Å². The van der Waals surface area contributed by atoms with Crippen molar-refractivity contribution >= 4 is 6.08 Å². The minimum atomic E-state index is 0.442. The van der Waals surface area contributed by atoms with Crippen molar-refractivity contribution in [3.63, 3.8) is 0 Å². The zero-order valence-corrected chi connectivity index (χ0v) is 11.9. The first-order chi connectivity index (χ1) is 8.69. The molecule has 0 aromatic heterocycles. The van der Waals surface area contributed by atoms with E-state index < -0.39 is 0 Å². The summed E-state index contributed by atoms with van der Waals surface area (Å²) >= 11 is 0. The number of allylic oxidation sites excluding steroid dienone is 1. The number of aromatic hydroxyl groups is 1. The van der Waals surface area contributed by atoms with Gasteiger partial charge in [-0.3, -0.25) is 0 Å². The number of unbranched alkanes of at least 4 members (excludes halogenated alkanes) is 2. The van der Waals surface area contributed by atoms with Crippen molar-refractivity contribution in [1.29, 1.82) is 0 Å². The summed E-state index contributed by atoms with van der Waals surface area (Å²) in [5.41, 5.74) is 2.17. The molecule has 18 heavy (non-hydrogen) atoms. The predicted molar refractivity (Wildman–Crippen MR) is 80.0 cm³/mol. The summed E-state index contributed by atoms with van der Waals surface area (Å²) < 4.78 is 0. The minimum Gasteiger partial charge on any atom is -0.508 e. The molecule has 0 aliphatic carbocycles. The zero-order valence-electron chi connectivity index (χ0n) is 11.9. The Morgan fingerprint density at radius 1 is 1.22 bits per heavy atom. The van der Waals surface area contributed by atoms with Crippen LogP contribution in [0.15, 0.2) is 24.3 Å². The number of rotatable bonds is 7. The lowest BCUT2D eigenvalue weighted by molar-refractivity contribution is 0.458. The maximum atomic E-state index is 10.1. The lowest BCUT2D eigenvalue weighted by atomic mass is 9.93. The second-order valence-electron chi connectivity index (χ2n) is 5.03. The smallest absolute Gasteiger partial charge is 0.119 e. The fourth-order valence-electron chi connectivity index (χ4n) is 2.19. The molecular weight excluding hydrogens is 220 g/mol. The first-order valence-corrected chi connectivity index (χ1v) is 7.18. The molecule has 1 heteroatoms. The summed E-state index contributed by atoms with van der Waals surface area (Å²) in [5, 5.41) is 10.1.